The van der Waals surface area contributed by atoms with Gasteiger partial charge in [-0.2, -0.15) is 0 Å². The van der Waals surface area contributed by atoms with Gasteiger partial charge < -0.3 is 14.9 Å². The van der Waals surface area contributed by atoms with E-state index in [1.165, 1.54) is 0 Å². The van der Waals surface area contributed by atoms with Crippen molar-refractivity contribution in [2.45, 2.75) is 6.61 Å². The highest BCUT2D eigenvalue weighted by molar-refractivity contribution is 6.40. The molecule has 0 atom stereocenters. The molecule has 0 bridgehead atoms. The summed E-state index contributed by atoms with van der Waals surface area (Å²) in [5, 5.41) is 1.08. The van der Waals surface area contributed by atoms with Gasteiger partial charge in [-0.3, -0.25) is 0 Å². The minimum atomic E-state index is 0.0786. The third-order valence-electron chi connectivity index (χ3n) is 2.80. The zero-order valence-corrected chi connectivity index (χ0v) is 12.8. The van der Waals surface area contributed by atoms with Crippen molar-refractivity contribution in [2.24, 2.45) is 0 Å². The normalized spacial score (nSPS) is 11.0. The van der Waals surface area contributed by atoms with Crippen molar-refractivity contribution in [3.05, 3.63) is 51.3 Å². The van der Waals surface area contributed by atoms with Gasteiger partial charge in [0.15, 0.2) is 17.9 Å². The van der Waals surface area contributed by atoms with E-state index < -0.39 is 0 Å². The van der Waals surface area contributed by atoms with Crippen LogP contribution in [0.3, 0.4) is 0 Å². The summed E-state index contributed by atoms with van der Waals surface area (Å²) in [6, 6.07) is 8.43. The number of rotatable bonds is 3. The van der Waals surface area contributed by atoms with Gasteiger partial charge in [-0.15, -0.1) is 0 Å². The summed E-state index contributed by atoms with van der Waals surface area (Å²) in [7, 11) is 0. The maximum absolute atomic E-state index is 6.04. The van der Waals surface area contributed by atoms with Crippen molar-refractivity contribution in [1.82, 2.24) is 4.98 Å². The zero-order valence-electron chi connectivity index (χ0n) is 10.6. The number of nitrogens with two attached hydrogens (primary N) is 1. The van der Waals surface area contributed by atoms with Crippen LogP contribution in [-0.2, 0) is 6.61 Å². The summed E-state index contributed by atoms with van der Waals surface area (Å²) in [6.07, 6.45) is 0. The fraction of sp³-hybridized carbons (Fsp3) is 0.0714. The van der Waals surface area contributed by atoms with Crippen LogP contribution in [0.5, 0.6) is 5.75 Å². The molecule has 4 nitrogen and oxygen atoms in total. The molecular weight excluding hydrogens is 335 g/mol. The number of oxazole rings is 1. The number of nitrogen functional groups attached to an aromatic ring is 1. The van der Waals surface area contributed by atoms with Gasteiger partial charge in [0.05, 0.1) is 15.7 Å². The Morgan fingerprint density at radius 2 is 1.86 bits per heavy atom. The molecule has 3 rings (SSSR count). The van der Waals surface area contributed by atoms with E-state index in [0.717, 1.165) is 0 Å². The monoisotopic (exact) mass is 342 g/mol. The van der Waals surface area contributed by atoms with Gasteiger partial charge in [0.25, 0.3) is 0 Å². The number of fused-ring (bicyclic) bond motifs is 1. The average Bonchev–Trinajstić information content (AvgIpc) is 2.82. The number of anilines is 1. The smallest absolute Gasteiger partial charge is 0.233 e. The molecule has 0 aliphatic carbocycles. The van der Waals surface area contributed by atoms with E-state index in [2.05, 4.69) is 4.98 Å². The maximum Gasteiger partial charge on any atom is 0.233 e. The molecule has 2 aromatic carbocycles. The lowest BCUT2D eigenvalue weighted by Gasteiger charge is -2.08. The first-order valence-corrected chi connectivity index (χ1v) is 7.09. The number of hydrogen-bond donors (Lipinski definition) is 1. The van der Waals surface area contributed by atoms with Crippen LogP contribution in [0.25, 0.3) is 11.1 Å². The van der Waals surface area contributed by atoms with Crippen LogP contribution in [0.4, 0.5) is 5.69 Å². The van der Waals surface area contributed by atoms with Crippen LogP contribution in [0.15, 0.2) is 34.7 Å². The van der Waals surface area contributed by atoms with Gasteiger partial charge in [-0.05, 0) is 24.3 Å². The summed E-state index contributed by atoms with van der Waals surface area (Å²) in [6.45, 7) is 0.0786. The van der Waals surface area contributed by atoms with E-state index in [-0.39, 0.29) is 6.61 Å². The molecule has 1 aromatic heterocycles. The van der Waals surface area contributed by atoms with Crippen molar-refractivity contribution in [1.29, 1.82) is 0 Å². The van der Waals surface area contributed by atoms with E-state index >= 15 is 0 Å². The van der Waals surface area contributed by atoms with Crippen LogP contribution in [0.1, 0.15) is 5.89 Å². The first-order chi connectivity index (χ1) is 10.0. The molecule has 0 amide bonds. The van der Waals surface area contributed by atoms with Crippen molar-refractivity contribution in [3.8, 4) is 5.75 Å². The molecule has 0 unspecified atom stereocenters. The Morgan fingerprint density at radius 1 is 1.14 bits per heavy atom. The third kappa shape index (κ3) is 2.88. The van der Waals surface area contributed by atoms with Crippen molar-refractivity contribution < 1.29 is 9.15 Å². The maximum atomic E-state index is 6.04. The summed E-state index contributed by atoms with van der Waals surface area (Å²) >= 11 is 17.9. The Hall–Kier alpha value is -1.62. The Balaban J connectivity index is 1.85. The SMILES string of the molecule is Nc1cccc2oc(COc3c(Cl)cc(Cl)cc3Cl)nc12. The fourth-order valence-corrected chi connectivity index (χ4v) is 2.80. The number of aromatic nitrogens is 1. The van der Waals surface area contributed by atoms with E-state index in [4.69, 9.17) is 49.7 Å². The molecular formula is C14H9Cl3N2O2. The first-order valence-electron chi connectivity index (χ1n) is 5.96. The van der Waals surface area contributed by atoms with E-state index in [9.17, 15) is 0 Å². The van der Waals surface area contributed by atoms with E-state index in [1.54, 1.807) is 30.3 Å². The number of para-hydroxylation sites is 1. The summed E-state index contributed by atoms with van der Waals surface area (Å²) in [4.78, 5) is 4.28. The van der Waals surface area contributed by atoms with E-state index in [0.29, 0.717) is 43.5 Å². The molecule has 0 saturated carbocycles. The molecule has 3 aromatic rings. The quantitative estimate of drug-likeness (QED) is 0.684. The first kappa shape index (κ1) is 14.3. The molecule has 0 fully saturated rings. The van der Waals surface area contributed by atoms with Crippen LogP contribution >= 0.6 is 34.8 Å². The molecule has 1 heterocycles. The molecule has 0 radical (unpaired) electrons. The fourth-order valence-electron chi connectivity index (χ4n) is 1.88. The molecule has 0 spiro atoms. The van der Waals surface area contributed by atoms with Gasteiger partial charge in [-0.1, -0.05) is 40.9 Å². The van der Waals surface area contributed by atoms with Crippen molar-refractivity contribution in [2.75, 3.05) is 5.73 Å². The van der Waals surface area contributed by atoms with Gasteiger partial charge in [-0.25, -0.2) is 4.98 Å². The number of halogens is 3. The summed E-state index contributed by atoms with van der Waals surface area (Å²) in [5.74, 6) is 0.711. The highest BCUT2D eigenvalue weighted by Gasteiger charge is 2.12. The minimum absolute atomic E-state index is 0.0786. The highest BCUT2D eigenvalue weighted by atomic mass is 35.5. The van der Waals surface area contributed by atoms with Crippen LogP contribution in [0, 0.1) is 0 Å². The second-order valence-electron chi connectivity index (χ2n) is 4.29. The predicted molar refractivity (Wildman–Crippen MR) is 84.2 cm³/mol. The number of hydrogen-bond acceptors (Lipinski definition) is 4. The summed E-state index contributed by atoms with van der Waals surface area (Å²) in [5.41, 5.74) is 7.57. The Bertz CT molecular complexity index is 794. The van der Waals surface area contributed by atoms with Crippen LogP contribution in [0.2, 0.25) is 15.1 Å². The van der Waals surface area contributed by atoms with E-state index in [1.807, 2.05) is 0 Å². The van der Waals surface area contributed by atoms with Crippen LogP contribution in [-0.4, -0.2) is 4.98 Å². The summed E-state index contributed by atoms with van der Waals surface area (Å²) < 4.78 is 11.1. The molecule has 7 heteroatoms. The van der Waals surface area contributed by atoms with Gasteiger partial charge in [0, 0.05) is 5.02 Å². The average molecular weight is 344 g/mol. The molecule has 0 aliphatic heterocycles. The Kier molecular flexibility index (Phi) is 3.85. The lowest BCUT2D eigenvalue weighted by atomic mass is 10.3. The lowest BCUT2D eigenvalue weighted by Crippen LogP contribution is -1.97. The van der Waals surface area contributed by atoms with Gasteiger partial charge >= 0.3 is 0 Å². The molecule has 2 N–H and O–H groups in total. The molecule has 0 aliphatic rings. The van der Waals surface area contributed by atoms with Gasteiger partial charge in [0.2, 0.25) is 5.89 Å². The standard InChI is InChI=1S/C14H9Cl3N2O2/c15-7-4-8(16)14(9(17)5-7)20-6-12-19-13-10(18)2-1-3-11(13)21-12/h1-5H,6,18H2. The number of nitrogens with zero attached hydrogens (tertiary/aromatic N) is 1. The van der Waals surface area contributed by atoms with Gasteiger partial charge in [0.1, 0.15) is 5.52 Å². The molecule has 21 heavy (non-hydrogen) atoms. The molecule has 108 valence electrons. The highest BCUT2D eigenvalue weighted by Crippen LogP contribution is 2.36. The van der Waals surface area contributed by atoms with Crippen LogP contribution < -0.4 is 10.5 Å². The Morgan fingerprint density at radius 3 is 2.52 bits per heavy atom. The molecule has 0 saturated heterocycles. The topological polar surface area (TPSA) is 61.3 Å². The lowest BCUT2D eigenvalue weighted by molar-refractivity contribution is 0.267. The van der Waals surface area contributed by atoms with Crippen molar-refractivity contribution in [3.63, 3.8) is 0 Å². The second-order valence-corrected chi connectivity index (χ2v) is 5.54. The predicted octanol–water partition coefficient (Wildman–Crippen LogP) is 4.95. The second kappa shape index (κ2) is 5.64. The zero-order chi connectivity index (χ0) is 15.0. The number of ether oxygens (including phenoxy) is 1. The van der Waals surface area contributed by atoms with Crippen molar-refractivity contribution >= 4 is 51.6 Å². The third-order valence-corrected chi connectivity index (χ3v) is 3.58. The Labute approximate surface area is 135 Å². The number of benzene rings is 2. The minimum Gasteiger partial charge on any atom is -0.481 e. The largest absolute Gasteiger partial charge is 0.481 e.